The summed E-state index contributed by atoms with van der Waals surface area (Å²) in [6.07, 6.45) is 9.48. The van der Waals surface area contributed by atoms with Crippen LogP contribution >= 0.6 is 15.9 Å². The monoisotopic (exact) mass is 472 g/mol. The Balaban J connectivity index is 1.39. The van der Waals surface area contributed by atoms with Gasteiger partial charge in [0.05, 0.1) is 5.69 Å². The summed E-state index contributed by atoms with van der Waals surface area (Å²) in [7, 11) is 0. The Hall–Kier alpha value is -2.15. The van der Waals surface area contributed by atoms with E-state index in [-0.39, 0.29) is 17.7 Å². The molecule has 0 aliphatic heterocycles. The van der Waals surface area contributed by atoms with Gasteiger partial charge < -0.3 is 10.6 Å². The molecule has 1 heterocycles. The highest BCUT2D eigenvalue weighted by atomic mass is 79.9. The predicted octanol–water partition coefficient (Wildman–Crippen LogP) is 3.94. The third-order valence-electron chi connectivity index (χ3n) is 6.13. The zero-order chi connectivity index (χ0) is 20.9. The van der Waals surface area contributed by atoms with Gasteiger partial charge in [-0.25, -0.2) is 4.68 Å². The normalized spacial score (nSPS) is 16.7. The van der Waals surface area contributed by atoms with Crippen LogP contribution in [0, 0.1) is 5.92 Å². The van der Waals surface area contributed by atoms with E-state index in [9.17, 15) is 9.59 Å². The van der Waals surface area contributed by atoms with E-state index < -0.39 is 0 Å². The number of fused-ring (bicyclic) bond motifs is 1. The van der Waals surface area contributed by atoms with Crippen molar-refractivity contribution >= 4 is 27.7 Å². The molecule has 2 amide bonds. The standard InChI is InChI=1S/C23H29BrN4O2/c24-17-9-6-10-18(15-17)28-20-12-5-4-11-19(20)21(27-28)23(30)26-14-13-25-22(29)16-7-2-1-3-8-16/h6,9-10,15-16H,1-5,7-8,11-14H2,(H,25,29)(H,26,30). The average Bonchev–Trinajstić information content (AvgIpc) is 3.17. The number of hydrogen-bond acceptors (Lipinski definition) is 3. The van der Waals surface area contributed by atoms with E-state index in [1.54, 1.807) is 0 Å². The lowest BCUT2D eigenvalue weighted by molar-refractivity contribution is -0.125. The molecule has 2 aliphatic rings. The lowest BCUT2D eigenvalue weighted by Gasteiger charge is -2.20. The van der Waals surface area contributed by atoms with Gasteiger partial charge in [-0.1, -0.05) is 41.3 Å². The van der Waals surface area contributed by atoms with Gasteiger partial charge in [-0.2, -0.15) is 5.10 Å². The second-order valence-electron chi connectivity index (χ2n) is 8.25. The summed E-state index contributed by atoms with van der Waals surface area (Å²) in [5, 5.41) is 10.6. The molecule has 2 aliphatic carbocycles. The molecular formula is C23H29BrN4O2. The molecule has 0 spiro atoms. The molecule has 1 aromatic heterocycles. The summed E-state index contributed by atoms with van der Waals surface area (Å²) < 4.78 is 2.90. The van der Waals surface area contributed by atoms with Crippen molar-refractivity contribution in [3.63, 3.8) is 0 Å². The van der Waals surface area contributed by atoms with E-state index in [0.717, 1.165) is 72.8 Å². The SMILES string of the molecule is O=C(NCCNC(=O)C1CCCCC1)c1nn(-c2cccc(Br)c2)c2c1CCCC2. The first kappa shape index (κ1) is 21.1. The highest BCUT2D eigenvalue weighted by molar-refractivity contribution is 9.10. The minimum Gasteiger partial charge on any atom is -0.354 e. The summed E-state index contributed by atoms with van der Waals surface area (Å²) >= 11 is 3.52. The lowest BCUT2D eigenvalue weighted by Crippen LogP contribution is -2.38. The zero-order valence-electron chi connectivity index (χ0n) is 17.3. The van der Waals surface area contributed by atoms with Crippen LogP contribution in [-0.4, -0.2) is 34.7 Å². The largest absolute Gasteiger partial charge is 0.354 e. The van der Waals surface area contributed by atoms with Gasteiger partial charge in [-0.05, 0) is 56.7 Å². The predicted molar refractivity (Wildman–Crippen MR) is 120 cm³/mol. The van der Waals surface area contributed by atoms with Crippen LogP contribution in [0.3, 0.4) is 0 Å². The second-order valence-corrected chi connectivity index (χ2v) is 9.17. The summed E-state index contributed by atoms with van der Waals surface area (Å²) in [6.45, 7) is 0.866. The molecule has 1 fully saturated rings. The van der Waals surface area contributed by atoms with Crippen molar-refractivity contribution in [2.45, 2.75) is 57.8 Å². The Bertz CT molecular complexity index is 918. The van der Waals surface area contributed by atoms with Crippen molar-refractivity contribution in [3.8, 4) is 5.69 Å². The molecule has 0 bridgehead atoms. The molecule has 0 atom stereocenters. The van der Waals surface area contributed by atoms with Gasteiger partial charge >= 0.3 is 0 Å². The molecule has 7 heteroatoms. The fourth-order valence-electron chi connectivity index (χ4n) is 4.56. The highest BCUT2D eigenvalue weighted by Crippen LogP contribution is 2.28. The number of nitrogens with one attached hydrogen (secondary N) is 2. The van der Waals surface area contributed by atoms with E-state index in [0.29, 0.717) is 18.8 Å². The maximum absolute atomic E-state index is 12.9. The molecule has 4 rings (SSSR count). The van der Waals surface area contributed by atoms with Crippen LogP contribution in [0.2, 0.25) is 0 Å². The Morgan fingerprint density at radius 1 is 1.03 bits per heavy atom. The molecule has 0 unspecified atom stereocenters. The van der Waals surface area contributed by atoms with E-state index in [2.05, 4.69) is 31.7 Å². The van der Waals surface area contributed by atoms with Gasteiger partial charge in [-0.15, -0.1) is 0 Å². The molecule has 2 N–H and O–H groups in total. The molecule has 30 heavy (non-hydrogen) atoms. The van der Waals surface area contributed by atoms with Crippen molar-refractivity contribution in [2.24, 2.45) is 5.92 Å². The molecule has 0 saturated heterocycles. The lowest BCUT2D eigenvalue weighted by atomic mass is 9.89. The quantitative estimate of drug-likeness (QED) is 0.625. The fraction of sp³-hybridized carbons (Fsp3) is 0.522. The fourth-order valence-corrected chi connectivity index (χ4v) is 4.94. The molecule has 160 valence electrons. The third kappa shape index (κ3) is 4.77. The molecule has 0 radical (unpaired) electrons. The van der Waals surface area contributed by atoms with Crippen LogP contribution in [0.25, 0.3) is 5.69 Å². The number of carbonyl (C=O) groups excluding carboxylic acids is 2. The van der Waals surface area contributed by atoms with Gasteiger partial charge in [-0.3, -0.25) is 9.59 Å². The Morgan fingerprint density at radius 2 is 1.80 bits per heavy atom. The van der Waals surface area contributed by atoms with Gasteiger partial charge in [0, 0.05) is 34.7 Å². The van der Waals surface area contributed by atoms with Crippen molar-refractivity contribution in [1.29, 1.82) is 0 Å². The smallest absolute Gasteiger partial charge is 0.272 e. The maximum Gasteiger partial charge on any atom is 0.272 e. The minimum absolute atomic E-state index is 0.125. The van der Waals surface area contributed by atoms with Crippen LogP contribution in [0.5, 0.6) is 0 Å². The topological polar surface area (TPSA) is 76.0 Å². The first-order valence-corrected chi connectivity index (χ1v) is 11.9. The van der Waals surface area contributed by atoms with Crippen LogP contribution in [0.1, 0.15) is 66.7 Å². The summed E-state index contributed by atoms with van der Waals surface area (Å²) in [4.78, 5) is 25.1. The van der Waals surface area contributed by atoms with E-state index in [1.165, 1.54) is 6.42 Å². The van der Waals surface area contributed by atoms with E-state index in [4.69, 9.17) is 0 Å². The molecule has 2 aromatic rings. The molecule has 1 saturated carbocycles. The van der Waals surface area contributed by atoms with Crippen molar-refractivity contribution < 1.29 is 9.59 Å². The van der Waals surface area contributed by atoms with Crippen LogP contribution < -0.4 is 10.6 Å². The van der Waals surface area contributed by atoms with E-state index >= 15 is 0 Å². The maximum atomic E-state index is 12.9. The van der Waals surface area contributed by atoms with Crippen LogP contribution in [0.4, 0.5) is 0 Å². The van der Waals surface area contributed by atoms with Crippen LogP contribution in [0.15, 0.2) is 28.7 Å². The zero-order valence-corrected chi connectivity index (χ0v) is 18.8. The first-order valence-electron chi connectivity index (χ1n) is 11.1. The molecule has 6 nitrogen and oxygen atoms in total. The number of amides is 2. The van der Waals surface area contributed by atoms with Crippen LogP contribution in [-0.2, 0) is 17.6 Å². The van der Waals surface area contributed by atoms with Crippen molar-refractivity contribution in [2.75, 3.05) is 13.1 Å². The number of halogens is 1. The summed E-state index contributed by atoms with van der Waals surface area (Å²) in [5.41, 5.74) is 3.67. The Kier molecular flexibility index (Phi) is 6.87. The first-order chi connectivity index (χ1) is 14.6. The summed E-state index contributed by atoms with van der Waals surface area (Å²) in [6, 6.07) is 7.99. The number of benzene rings is 1. The minimum atomic E-state index is -0.159. The molecule has 1 aromatic carbocycles. The number of carbonyl (C=O) groups is 2. The number of hydrogen-bond donors (Lipinski definition) is 2. The number of nitrogens with zero attached hydrogens (tertiary/aromatic N) is 2. The van der Waals surface area contributed by atoms with Gasteiger partial charge in [0.15, 0.2) is 5.69 Å². The van der Waals surface area contributed by atoms with Gasteiger partial charge in [0.25, 0.3) is 5.91 Å². The molecular weight excluding hydrogens is 444 g/mol. The average molecular weight is 473 g/mol. The Morgan fingerprint density at radius 3 is 2.60 bits per heavy atom. The number of rotatable bonds is 6. The van der Waals surface area contributed by atoms with E-state index in [1.807, 2.05) is 28.9 Å². The van der Waals surface area contributed by atoms with Gasteiger partial charge in [0.1, 0.15) is 0 Å². The van der Waals surface area contributed by atoms with Gasteiger partial charge in [0.2, 0.25) is 5.91 Å². The number of aromatic nitrogens is 2. The van der Waals surface area contributed by atoms with Crippen molar-refractivity contribution in [1.82, 2.24) is 20.4 Å². The van der Waals surface area contributed by atoms with Crippen molar-refractivity contribution in [3.05, 3.63) is 45.7 Å². The summed E-state index contributed by atoms with van der Waals surface area (Å²) in [5.74, 6) is 0.108. The second kappa shape index (κ2) is 9.77. The highest BCUT2D eigenvalue weighted by Gasteiger charge is 2.26. The third-order valence-corrected chi connectivity index (χ3v) is 6.63. The Labute approximate surface area is 185 Å².